The number of anilines is 3. The zero-order chi connectivity index (χ0) is 36.3. The smallest absolute Gasteiger partial charge is 0.143 e. The van der Waals surface area contributed by atoms with E-state index in [1.165, 1.54) is 27.5 Å². The summed E-state index contributed by atoms with van der Waals surface area (Å²) in [6.07, 6.45) is 0. The lowest BCUT2D eigenvalue weighted by Gasteiger charge is -2.26. The van der Waals surface area contributed by atoms with Crippen molar-refractivity contribution >= 4 is 71.7 Å². The zero-order valence-corrected chi connectivity index (χ0v) is 29.8. The SMILES string of the molecule is c1ccc2c(-c3ccc(-c4ccc(N(c5ccc(-c6cccc7c6oc6ccccc67)cc5)c5cccc6oc7ccccc7c56)cc4)cc3)cccc2c1. The fraction of sp³-hybridized carbons (Fsp3) is 0. The Balaban J connectivity index is 1.000. The fourth-order valence-electron chi connectivity index (χ4n) is 8.26. The lowest BCUT2D eigenvalue weighted by Crippen LogP contribution is -2.10. The van der Waals surface area contributed by atoms with Crippen molar-refractivity contribution in [3.05, 3.63) is 200 Å². The van der Waals surface area contributed by atoms with Crippen LogP contribution in [0.2, 0.25) is 0 Å². The number of hydrogen-bond donors (Lipinski definition) is 0. The minimum Gasteiger partial charge on any atom is -0.456 e. The molecule has 0 unspecified atom stereocenters. The summed E-state index contributed by atoms with van der Waals surface area (Å²) in [5, 5.41) is 6.95. The van der Waals surface area contributed by atoms with Crippen molar-refractivity contribution in [2.75, 3.05) is 4.90 Å². The van der Waals surface area contributed by atoms with Gasteiger partial charge in [0.05, 0.1) is 11.1 Å². The highest BCUT2D eigenvalue weighted by Crippen LogP contribution is 2.44. The van der Waals surface area contributed by atoms with Crippen LogP contribution in [0.4, 0.5) is 17.1 Å². The Morgan fingerprint density at radius 1 is 0.309 bits per heavy atom. The monoisotopic (exact) mass is 703 g/mol. The Morgan fingerprint density at radius 2 is 0.800 bits per heavy atom. The van der Waals surface area contributed by atoms with Crippen LogP contribution in [0.1, 0.15) is 0 Å². The molecule has 0 radical (unpaired) electrons. The molecule has 11 aromatic rings. The molecule has 0 aliphatic heterocycles. The molecule has 258 valence electrons. The van der Waals surface area contributed by atoms with E-state index in [2.05, 4.69) is 181 Å². The fourth-order valence-corrected chi connectivity index (χ4v) is 8.26. The summed E-state index contributed by atoms with van der Waals surface area (Å²) in [4.78, 5) is 2.34. The van der Waals surface area contributed by atoms with Crippen molar-refractivity contribution in [1.82, 2.24) is 0 Å². The summed E-state index contributed by atoms with van der Waals surface area (Å²) in [7, 11) is 0. The maximum atomic E-state index is 6.41. The summed E-state index contributed by atoms with van der Waals surface area (Å²) < 4.78 is 12.8. The third kappa shape index (κ3) is 5.20. The summed E-state index contributed by atoms with van der Waals surface area (Å²) in [5.41, 5.74) is 13.7. The first-order valence-electron chi connectivity index (χ1n) is 18.7. The predicted octanol–water partition coefficient (Wildman–Crippen LogP) is 15.1. The van der Waals surface area contributed by atoms with Crippen LogP contribution in [0.3, 0.4) is 0 Å². The first-order chi connectivity index (χ1) is 27.3. The van der Waals surface area contributed by atoms with Crippen LogP contribution in [0.25, 0.3) is 88.0 Å². The lowest BCUT2D eigenvalue weighted by molar-refractivity contribution is 0.669. The van der Waals surface area contributed by atoms with E-state index in [1.54, 1.807) is 0 Å². The Morgan fingerprint density at radius 3 is 1.56 bits per heavy atom. The van der Waals surface area contributed by atoms with Gasteiger partial charge in [-0.15, -0.1) is 0 Å². The van der Waals surface area contributed by atoms with Crippen LogP contribution in [0.5, 0.6) is 0 Å². The molecule has 11 rings (SSSR count). The Kier molecular flexibility index (Phi) is 7.17. The van der Waals surface area contributed by atoms with Gasteiger partial charge in [0.25, 0.3) is 0 Å². The summed E-state index contributed by atoms with van der Waals surface area (Å²) >= 11 is 0. The molecule has 0 aliphatic carbocycles. The minimum atomic E-state index is 0.861. The standard InChI is InChI=1S/C52H33NO2/c1-2-12-41-36(10-1)11-7-15-42(41)37-24-22-34(23-25-37)35-26-30-39(31-27-35)53(47-18-9-21-50-51(47)46-14-4-6-20-49(46)54-50)40-32-28-38(29-33-40)43-16-8-17-45-44-13-3-5-19-48(44)55-52(43)45/h1-33H. The molecule has 0 amide bonds. The normalized spacial score (nSPS) is 11.6. The maximum absolute atomic E-state index is 6.41. The van der Waals surface area contributed by atoms with Crippen LogP contribution in [-0.4, -0.2) is 0 Å². The number of nitrogens with zero attached hydrogens (tertiary/aromatic N) is 1. The van der Waals surface area contributed by atoms with Gasteiger partial charge in [0.1, 0.15) is 22.3 Å². The van der Waals surface area contributed by atoms with Gasteiger partial charge in [-0.3, -0.25) is 0 Å². The van der Waals surface area contributed by atoms with Gasteiger partial charge in [-0.2, -0.15) is 0 Å². The summed E-state index contributed by atoms with van der Waals surface area (Å²) in [6.45, 7) is 0. The number of para-hydroxylation sites is 3. The lowest BCUT2D eigenvalue weighted by atomic mass is 9.96. The molecule has 2 aromatic heterocycles. The highest BCUT2D eigenvalue weighted by atomic mass is 16.3. The van der Waals surface area contributed by atoms with Crippen molar-refractivity contribution in [1.29, 1.82) is 0 Å². The Bertz CT molecular complexity index is 3180. The van der Waals surface area contributed by atoms with Gasteiger partial charge < -0.3 is 13.7 Å². The molecule has 3 nitrogen and oxygen atoms in total. The molecule has 0 atom stereocenters. The van der Waals surface area contributed by atoms with Crippen LogP contribution in [0.15, 0.2) is 209 Å². The summed E-state index contributed by atoms with van der Waals surface area (Å²) in [5.74, 6) is 0. The molecular weight excluding hydrogens is 671 g/mol. The van der Waals surface area contributed by atoms with Gasteiger partial charge in [0.15, 0.2) is 0 Å². The van der Waals surface area contributed by atoms with Gasteiger partial charge in [-0.1, -0.05) is 152 Å². The highest BCUT2D eigenvalue weighted by molar-refractivity contribution is 6.13. The van der Waals surface area contributed by atoms with Gasteiger partial charge in [0, 0.05) is 33.1 Å². The quantitative estimate of drug-likeness (QED) is 0.173. The Hall–Kier alpha value is -7.36. The molecule has 0 saturated carbocycles. The summed E-state index contributed by atoms with van der Waals surface area (Å²) in [6, 6.07) is 70.9. The minimum absolute atomic E-state index is 0.861. The van der Waals surface area contributed by atoms with Gasteiger partial charge in [-0.25, -0.2) is 0 Å². The topological polar surface area (TPSA) is 29.5 Å². The van der Waals surface area contributed by atoms with Crippen LogP contribution >= 0.6 is 0 Å². The molecule has 0 saturated heterocycles. The third-order valence-electron chi connectivity index (χ3n) is 10.9. The number of benzene rings is 9. The van der Waals surface area contributed by atoms with E-state index < -0.39 is 0 Å². The van der Waals surface area contributed by atoms with Crippen LogP contribution in [-0.2, 0) is 0 Å². The highest BCUT2D eigenvalue weighted by Gasteiger charge is 2.20. The van der Waals surface area contributed by atoms with Crippen LogP contribution < -0.4 is 4.90 Å². The third-order valence-corrected chi connectivity index (χ3v) is 10.9. The van der Waals surface area contributed by atoms with Gasteiger partial charge in [-0.05, 0) is 87.1 Å². The predicted molar refractivity (Wildman–Crippen MR) is 229 cm³/mol. The number of furan rings is 2. The molecule has 0 fully saturated rings. The van der Waals surface area contributed by atoms with Crippen molar-refractivity contribution in [2.24, 2.45) is 0 Å². The van der Waals surface area contributed by atoms with E-state index in [9.17, 15) is 0 Å². The molecule has 0 aliphatic rings. The average molecular weight is 704 g/mol. The first kappa shape index (κ1) is 31.2. The average Bonchev–Trinajstić information content (AvgIpc) is 3.83. The Labute approximate surface area is 317 Å². The number of fused-ring (bicyclic) bond motifs is 7. The van der Waals surface area contributed by atoms with E-state index in [-0.39, 0.29) is 0 Å². The number of hydrogen-bond acceptors (Lipinski definition) is 3. The van der Waals surface area contributed by atoms with Crippen molar-refractivity contribution in [3.8, 4) is 33.4 Å². The van der Waals surface area contributed by atoms with Gasteiger partial charge >= 0.3 is 0 Å². The van der Waals surface area contributed by atoms with E-state index in [1.807, 2.05) is 24.3 Å². The zero-order valence-electron chi connectivity index (χ0n) is 29.8. The molecule has 0 N–H and O–H groups in total. The van der Waals surface area contributed by atoms with E-state index in [0.717, 1.165) is 77.6 Å². The molecule has 9 aromatic carbocycles. The molecule has 0 spiro atoms. The van der Waals surface area contributed by atoms with Crippen molar-refractivity contribution in [2.45, 2.75) is 0 Å². The molecule has 3 heteroatoms. The maximum Gasteiger partial charge on any atom is 0.143 e. The second-order valence-electron chi connectivity index (χ2n) is 14.1. The van der Waals surface area contributed by atoms with Crippen LogP contribution in [0, 0.1) is 0 Å². The molecule has 0 bridgehead atoms. The second-order valence-corrected chi connectivity index (χ2v) is 14.1. The molecule has 2 heterocycles. The van der Waals surface area contributed by atoms with Crippen molar-refractivity contribution < 1.29 is 8.83 Å². The second kappa shape index (κ2) is 12.6. The number of rotatable bonds is 6. The van der Waals surface area contributed by atoms with E-state index in [4.69, 9.17) is 8.83 Å². The van der Waals surface area contributed by atoms with Gasteiger partial charge in [0.2, 0.25) is 0 Å². The van der Waals surface area contributed by atoms with Crippen molar-refractivity contribution in [3.63, 3.8) is 0 Å². The molecule has 55 heavy (non-hydrogen) atoms. The largest absolute Gasteiger partial charge is 0.456 e. The van der Waals surface area contributed by atoms with E-state index >= 15 is 0 Å². The molecular formula is C52H33NO2. The van der Waals surface area contributed by atoms with E-state index in [0.29, 0.717) is 0 Å². The first-order valence-corrected chi connectivity index (χ1v) is 18.7.